The fraction of sp³-hybridized carbons (Fsp3) is 1.00. The van der Waals surface area contributed by atoms with Crippen molar-refractivity contribution in [3.05, 3.63) is 0 Å². The maximum Gasteiger partial charge on any atom is 0.0188 e. The van der Waals surface area contributed by atoms with Crippen molar-refractivity contribution in [3.8, 4) is 0 Å². The Kier molecular flexibility index (Phi) is 1.31. The zero-order valence-electron chi connectivity index (χ0n) is 5.99. The van der Waals surface area contributed by atoms with Gasteiger partial charge in [-0.15, -0.1) is 0 Å². The van der Waals surface area contributed by atoms with E-state index >= 15 is 0 Å². The van der Waals surface area contributed by atoms with Gasteiger partial charge in [0.2, 0.25) is 0 Å². The Labute approximate surface area is 51.5 Å². The zero-order chi connectivity index (χ0) is 6.20. The Bertz CT molecular complexity index is 82.4. The third-order valence-corrected chi connectivity index (χ3v) is 2.45. The molecule has 0 aromatic rings. The Balaban J connectivity index is 2.41. The summed E-state index contributed by atoms with van der Waals surface area (Å²) in [7, 11) is 0. The highest BCUT2D eigenvalue weighted by molar-refractivity contribution is 4.94. The molecular formula is C7H15N. The molecule has 0 amide bonds. The molecule has 1 heteroatoms. The first-order chi connectivity index (χ1) is 3.65. The monoisotopic (exact) mass is 113 g/mol. The first kappa shape index (κ1) is 6.09. The lowest BCUT2D eigenvalue weighted by molar-refractivity contribution is 0.163. The molecule has 1 fully saturated rings. The van der Waals surface area contributed by atoms with Gasteiger partial charge in [-0.1, -0.05) is 13.8 Å². The van der Waals surface area contributed by atoms with Gasteiger partial charge >= 0.3 is 0 Å². The molecule has 1 saturated heterocycles. The van der Waals surface area contributed by atoms with E-state index in [1.54, 1.807) is 0 Å². The maximum atomic E-state index is 3.42. The minimum absolute atomic E-state index is 0.472. The largest absolute Gasteiger partial charge is 0.311 e. The van der Waals surface area contributed by atoms with Crippen molar-refractivity contribution in [3.63, 3.8) is 0 Å². The van der Waals surface area contributed by atoms with Crippen LogP contribution in [0.15, 0.2) is 0 Å². The molecule has 0 bridgehead atoms. The van der Waals surface area contributed by atoms with Crippen molar-refractivity contribution in [1.29, 1.82) is 0 Å². The van der Waals surface area contributed by atoms with E-state index in [9.17, 15) is 0 Å². The smallest absolute Gasteiger partial charge is 0.0188 e. The Morgan fingerprint density at radius 1 is 1.50 bits per heavy atom. The summed E-state index contributed by atoms with van der Waals surface area (Å²) in [5.74, 6) is 0.788. The summed E-state index contributed by atoms with van der Waals surface area (Å²) in [5.41, 5.74) is 0.472. The summed E-state index contributed by atoms with van der Waals surface area (Å²) >= 11 is 0. The minimum atomic E-state index is 0.472. The fourth-order valence-corrected chi connectivity index (χ4v) is 1.01. The molecule has 1 N–H and O–H groups in total. The van der Waals surface area contributed by atoms with Crippen LogP contribution in [0.2, 0.25) is 0 Å². The molecule has 1 aliphatic heterocycles. The third-order valence-electron chi connectivity index (χ3n) is 2.45. The molecule has 1 atom stereocenters. The van der Waals surface area contributed by atoms with Gasteiger partial charge in [0.1, 0.15) is 0 Å². The predicted molar refractivity (Wildman–Crippen MR) is 35.9 cm³/mol. The summed E-state index contributed by atoms with van der Waals surface area (Å²) in [4.78, 5) is 0. The van der Waals surface area contributed by atoms with E-state index in [4.69, 9.17) is 0 Å². The SMILES string of the molecule is CC(C)[C@@]1(C)CCN1. The average Bonchev–Trinajstić information content (AvgIpc) is 1.60. The molecule has 0 aromatic heterocycles. The standard InChI is InChI=1S/C7H15N/c1-6(2)7(3)4-5-8-7/h6,8H,4-5H2,1-3H3/t7-/m1/s1. The molecule has 8 heavy (non-hydrogen) atoms. The molecule has 0 saturated carbocycles. The van der Waals surface area contributed by atoms with Crippen LogP contribution in [0.3, 0.4) is 0 Å². The summed E-state index contributed by atoms with van der Waals surface area (Å²) < 4.78 is 0. The van der Waals surface area contributed by atoms with Crippen molar-refractivity contribution in [2.24, 2.45) is 5.92 Å². The fourth-order valence-electron chi connectivity index (χ4n) is 1.01. The first-order valence-electron chi connectivity index (χ1n) is 3.40. The highest BCUT2D eigenvalue weighted by atomic mass is 15.0. The summed E-state index contributed by atoms with van der Waals surface area (Å²) in [6, 6.07) is 0. The lowest BCUT2D eigenvalue weighted by atomic mass is 9.80. The first-order valence-corrected chi connectivity index (χ1v) is 3.40. The van der Waals surface area contributed by atoms with Crippen LogP contribution in [0.25, 0.3) is 0 Å². The lowest BCUT2D eigenvalue weighted by Gasteiger charge is -2.43. The van der Waals surface area contributed by atoms with E-state index in [0.29, 0.717) is 5.54 Å². The van der Waals surface area contributed by atoms with Gasteiger partial charge in [-0.2, -0.15) is 0 Å². The van der Waals surface area contributed by atoms with Gasteiger partial charge in [0.05, 0.1) is 0 Å². The van der Waals surface area contributed by atoms with E-state index in [0.717, 1.165) is 5.92 Å². The van der Waals surface area contributed by atoms with Crippen molar-refractivity contribution in [2.45, 2.75) is 32.7 Å². The topological polar surface area (TPSA) is 12.0 Å². The molecule has 0 spiro atoms. The summed E-state index contributed by atoms with van der Waals surface area (Å²) in [5, 5.41) is 3.42. The highest BCUT2D eigenvalue weighted by Gasteiger charge is 2.33. The normalized spacial score (nSPS) is 37.5. The second kappa shape index (κ2) is 1.73. The van der Waals surface area contributed by atoms with Gasteiger partial charge in [-0.3, -0.25) is 0 Å². The van der Waals surface area contributed by atoms with Crippen molar-refractivity contribution in [1.82, 2.24) is 5.32 Å². The molecule has 0 aliphatic carbocycles. The second-order valence-corrected chi connectivity index (χ2v) is 3.25. The van der Waals surface area contributed by atoms with E-state index < -0.39 is 0 Å². The van der Waals surface area contributed by atoms with Crippen LogP contribution in [0.4, 0.5) is 0 Å². The second-order valence-electron chi connectivity index (χ2n) is 3.25. The van der Waals surface area contributed by atoms with Crippen LogP contribution in [0.1, 0.15) is 27.2 Å². The zero-order valence-corrected chi connectivity index (χ0v) is 5.99. The quantitative estimate of drug-likeness (QED) is 0.542. The number of hydrogen-bond acceptors (Lipinski definition) is 1. The molecule has 48 valence electrons. The molecular weight excluding hydrogens is 98.1 g/mol. The number of rotatable bonds is 1. The Morgan fingerprint density at radius 3 is 2.00 bits per heavy atom. The van der Waals surface area contributed by atoms with Crippen molar-refractivity contribution in [2.75, 3.05) is 6.54 Å². The molecule has 0 radical (unpaired) electrons. The molecule has 1 nitrogen and oxygen atoms in total. The van der Waals surface area contributed by atoms with Crippen molar-refractivity contribution >= 4 is 0 Å². The lowest BCUT2D eigenvalue weighted by Crippen LogP contribution is -2.57. The predicted octanol–water partition coefficient (Wildman–Crippen LogP) is 1.39. The summed E-state index contributed by atoms with van der Waals surface area (Å²) in [6.45, 7) is 8.05. The Morgan fingerprint density at radius 2 is 2.00 bits per heavy atom. The number of hydrogen-bond donors (Lipinski definition) is 1. The van der Waals surface area contributed by atoms with E-state index in [1.807, 2.05) is 0 Å². The molecule has 0 unspecified atom stereocenters. The van der Waals surface area contributed by atoms with Crippen LogP contribution < -0.4 is 5.32 Å². The van der Waals surface area contributed by atoms with Crippen LogP contribution in [-0.4, -0.2) is 12.1 Å². The van der Waals surface area contributed by atoms with Gasteiger partial charge < -0.3 is 5.32 Å². The van der Waals surface area contributed by atoms with Gasteiger partial charge in [0, 0.05) is 5.54 Å². The molecule has 1 aliphatic rings. The molecule has 1 heterocycles. The van der Waals surface area contributed by atoms with Crippen LogP contribution in [0.5, 0.6) is 0 Å². The van der Waals surface area contributed by atoms with Crippen LogP contribution >= 0.6 is 0 Å². The van der Waals surface area contributed by atoms with Gasteiger partial charge in [0.25, 0.3) is 0 Å². The van der Waals surface area contributed by atoms with E-state index in [-0.39, 0.29) is 0 Å². The van der Waals surface area contributed by atoms with Gasteiger partial charge in [-0.05, 0) is 25.8 Å². The van der Waals surface area contributed by atoms with E-state index in [1.165, 1.54) is 13.0 Å². The maximum absolute atomic E-state index is 3.42. The van der Waals surface area contributed by atoms with Crippen molar-refractivity contribution < 1.29 is 0 Å². The van der Waals surface area contributed by atoms with Crippen LogP contribution in [0, 0.1) is 5.92 Å². The number of nitrogens with one attached hydrogen (secondary N) is 1. The molecule has 1 rings (SSSR count). The minimum Gasteiger partial charge on any atom is -0.311 e. The third kappa shape index (κ3) is 0.752. The van der Waals surface area contributed by atoms with Gasteiger partial charge in [0.15, 0.2) is 0 Å². The highest BCUT2D eigenvalue weighted by Crippen LogP contribution is 2.26. The Hall–Kier alpha value is -0.0400. The van der Waals surface area contributed by atoms with E-state index in [2.05, 4.69) is 26.1 Å². The summed E-state index contributed by atoms with van der Waals surface area (Å²) in [6.07, 6.45) is 1.35. The molecule has 0 aromatic carbocycles. The van der Waals surface area contributed by atoms with Crippen LogP contribution in [-0.2, 0) is 0 Å². The van der Waals surface area contributed by atoms with Gasteiger partial charge in [-0.25, -0.2) is 0 Å². The average molecular weight is 113 g/mol.